The molecule has 0 aromatic heterocycles. The highest BCUT2D eigenvalue weighted by Gasteiger charge is 2.40. The van der Waals surface area contributed by atoms with Gasteiger partial charge in [-0.05, 0) is 38.3 Å². The summed E-state index contributed by atoms with van der Waals surface area (Å²) in [4.78, 5) is 0.0983. The van der Waals surface area contributed by atoms with Crippen LogP contribution in [-0.2, 0) is 16.6 Å². The maximum atomic E-state index is 13.0. The fourth-order valence-electron chi connectivity index (χ4n) is 2.94. The molecule has 1 saturated heterocycles. The van der Waals surface area contributed by atoms with Crippen LogP contribution in [0.1, 0.15) is 38.7 Å². The number of hydrogen-bond acceptors (Lipinski definition) is 3. The Morgan fingerprint density at radius 3 is 2.57 bits per heavy atom. The zero-order valence-electron chi connectivity index (χ0n) is 12.1. The Balaban J connectivity index is 2.54. The van der Waals surface area contributed by atoms with Crippen LogP contribution in [0.2, 0.25) is 10.0 Å². The van der Waals surface area contributed by atoms with Crippen LogP contribution in [-0.4, -0.2) is 24.8 Å². The molecule has 2 atom stereocenters. The molecule has 21 heavy (non-hydrogen) atoms. The van der Waals surface area contributed by atoms with Crippen LogP contribution in [0.15, 0.2) is 17.0 Å². The van der Waals surface area contributed by atoms with Crippen LogP contribution in [0.4, 0.5) is 0 Å². The number of nitrogens with two attached hydrogens (primary N) is 1. The van der Waals surface area contributed by atoms with Crippen molar-refractivity contribution in [2.24, 2.45) is 5.73 Å². The quantitative estimate of drug-likeness (QED) is 0.904. The van der Waals surface area contributed by atoms with Crippen molar-refractivity contribution in [3.8, 4) is 0 Å². The highest BCUT2D eigenvalue weighted by molar-refractivity contribution is 7.89. The van der Waals surface area contributed by atoms with Gasteiger partial charge in [0.25, 0.3) is 0 Å². The van der Waals surface area contributed by atoms with Crippen LogP contribution in [0.5, 0.6) is 0 Å². The third kappa shape index (κ3) is 2.94. The third-order valence-electron chi connectivity index (χ3n) is 4.09. The molecule has 1 heterocycles. The van der Waals surface area contributed by atoms with Gasteiger partial charge >= 0.3 is 0 Å². The van der Waals surface area contributed by atoms with Gasteiger partial charge in [-0.25, -0.2) is 8.42 Å². The van der Waals surface area contributed by atoms with E-state index >= 15 is 0 Å². The summed E-state index contributed by atoms with van der Waals surface area (Å²) in [5.41, 5.74) is 6.09. The second kappa shape index (κ2) is 6.42. The summed E-state index contributed by atoms with van der Waals surface area (Å²) in [6, 6.07) is 3.02. The number of rotatable bonds is 4. The number of nitrogens with zero attached hydrogens (tertiary/aromatic N) is 1. The fraction of sp³-hybridized carbons (Fsp3) is 0.571. The van der Waals surface area contributed by atoms with Crippen molar-refractivity contribution in [3.63, 3.8) is 0 Å². The van der Waals surface area contributed by atoms with Gasteiger partial charge in [-0.15, -0.1) is 0 Å². The van der Waals surface area contributed by atoms with E-state index in [1.807, 2.05) is 13.8 Å². The minimum Gasteiger partial charge on any atom is -0.326 e. The molecule has 2 N–H and O–H groups in total. The van der Waals surface area contributed by atoms with E-state index in [1.54, 1.807) is 10.4 Å². The molecule has 0 spiro atoms. The maximum Gasteiger partial charge on any atom is 0.245 e. The van der Waals surface area contributed by atoms with E-state index in [9.17, 15) is 8.42 Å². The Hall–Kier alpha value is -0.330. The Bertz CT molecular complexity index is 634. The first-order valence-electron chi connectivity index (χ1n) is 7.05. The van der Waals surface area contributed by atoms with E-state index in [4.69, 9.17) is 28.9 Å². The molecule has 1 aromatic rings. The highest BCUT2D eigenvalue weighted by atomic mass is 35.5. The number of halogens is 2. The van der Waals surface area contributed by atoms with E-state index < -0.39 is 10.0 Å². The Morgan fingerprint density at radius 1 is 1.33 bits per heavy atom. The maximum absolute atomic E-state index is 13.0. The van der Waals surface area contributed by atoms with Crippen molar-refractivity contribution in [2.45, 2.75) is 56.6 Å². The lowest BCUT2D eigenvalue weighted by Crippen LogP contribution is -2.39. The molecule has 1 aliphatic heterocycles. The Morgan fingerprint density at radius 2 is 2.00 bits per heavy atom. The SMILES string of the molecule is CCC1CCC(C)N1S(=O)(=O)c1ccc(Cl)c(CN)c1Cl. The average Bonchev–Trinajstić information content (AvgIpc) is 2.80. The zero-order valence-corrected chi connectivity index (χ0v) is 14.5. The van der Waals surface area contributed by atoms with Crippen molar-refractivity contribution in [3.05, 3.63) is 27.7 Å². The van der Waals surface area contributed by atoms with Crippen molar-refractivity contribution in [1.29, 1.82) is 0 Å². The molecular weight excluding hydrogens is 331 g/mol. The standard InChI is InChI=1S/C14H20Cl2N2O2S/c1-3-10-5-4-9(2)18(10)21(19,20)13-7-6-12(15)11(8-17)14(13)16/h6-7,9-10H,3-5,8,17H2,1-2H3. The van der Waals surface area contributed by atoms with Gasteiger partial charge < -0.3 is 5.73 Å². The van der Waals surface area contributed by atoms with Gasteiger partial charge in [0.2, 0.25) is 10.0 Å². The molecular formula is C14H20Cl2N2O2S. The van der Waals surface area contributed by atoms with E-state index in [2.05, 4.69) is 0 Å². The van der Waals surface area contributed by atoms with E-state index in [0.717, 1.165) is 19.3 Å². The van der Waals surface area contributed by atoms with Gasteiger partial charge in [0.1, 0.15) is 4.90 Å². The lowest BCUT2D eigenvalue weighted by Gasteiger charge is -2.27. The topological polar surface area (TPSA) is 63.4 Å². The molecule has 1 aromatic carbocycles. The number of sulfonamides is 1. The summed E-state index contributed by atoms with van der Waals surface area (Å²) in [7, 11) is -3.64. The van der Waals surface area contributed by atoms with Gasteiger partial charge in [0.05, 0.1) is 5.02 Å². The van der Waals surface area contributed by atoms with Gasteiger partial charge in [-0.1, -0.05) is 30.1 Å². The van der Waals surface area contributed by atoms with Gasteiger partial charge in [0, 0.05) is 29.2 Å². The molecule has 2 rings (SSSR count). The highest BCUT2D eigenvalue weighted by Crippen LogP contribution is 2.37. The van der Waals surface area contributed by atoms with Crippen LogP contribution in [0.25, 0.3) is 0 Å². The lowest BCUT2D eigenvalue weighted by molar-refractivity contribution is 0.328. The molecule has 1 fully saturated rings. The fourth-order valence-corrected chi connectivity index (χ4v) is 5.80. The van der Waals surface area contributed by atoms with Crippen molar-refractivity contribution < 1.29 is 8.42 Å². The summed E-state index contributed by atoms with van der Waals surface area (Å²) in [6.07, 6.45) is 2.54. The average molecular weight is 351 g/mol. The third-order valence-corrected chi connectivity index (χ3v) is 7.10. The van der Waals surface area contributed by atoms with E-state index in [-0.39, 0.29) is 28.5 Å². The molecule has 2 unspecified atom stereocenters. The van der Waals surface area contributed by atoms with Gasteiger partial charge in [-0.2, -0.15) is 4.31 Å². The van der Waals surface area contributed by atoms with Crippen molar-refractivity contribution in [1.82, 2.24) is 4.31 Å². The van der Waals surface area contributed by atoms with Crippen LogP contribution < -0.4 is 5.73 Å². The van der Waals surface area contributed by atoms with Crippen molar-refractivity contribution >= 4 is 33.2 Å². The zero-order chi connectivity index (χ0) is 15.8. The van der Waals surface area contributed by atoms with Crippen molar-refractivity contribution in [2.75, 3.05) is 0 Å². The minimum absolute atomic E-state index is 0.0204. The second-order valence-corrected chi connectivity index (χ2v) is 7.96. The first-order valence-corrected chi connectivity index (χ1v) is 9.24. The summed E-state index contributed by atoms with van der Waals surface area (Å²) in [5.74, 6) is 0. The molecule has 1 aliphatic rings. The minimum atomic E-state index is -3.64. The molecule has 4 nitrogen and oxygen atoms in total. The first kappa shape index (κ1) is 17.0. The summed E-state index contributed by atoms with van der Waals surface area (Å²) < 4.78 is 27.5. The second-order valence-electron chi connectivity index (χ2n) is 5.37. The van der Waals surface area contributed by atoms with Gasteiger partial charge in [0.15, 0.2) is 0 Å². The van der Waals surface area contributed by atoms with Crippen LogP contribution in [0, 0.1) is 0 Å². The first-order chi connectivity index (χ1) is 9.84. The molecule has 0 saturated carbocycles. The van der Waals surface area contributed by atoms with E-state index in [0.29, 0.717) is 10.6 Å². The van der Waals surface area contributed by atoms with Crippen LogP contribution >= 0.6 is 23.2 Å². The monoisotopic (exact) mass is 350 g/mol. The Labute approximate surface area is 136 Å². The predicted molar refractivity (Wildman–Crippen MR) is 86.2 cm³/mol. The molecule has 7 heteroatoms. The summed E-state index contributed by atoms with van der Waals surface area (Å²) >= 11 is 12.3. The summed E-state index contributed by atoms with van der Waals surface area (Å²) in [6.45, 7) is 4.04. The Kier molecular flexibility index (Phi) is 5.21. The lowest BCUT2D eigenvalue weighted by atomic mass is 10.2. The number of benzene rings is 1. The molecule has 0 aliphatic carbocycles. The van der Waals surface area contributed by atoms with Gasteiger partial charge in [-0.3, -0.25) is 0 Å². The summed E-state index contributed by atoms with van der Waals surface area (Å²) in [5, 5.41) is 0.530. The smallest absolute Gasteiger partial charge is 0.245 e. The largest absolute Gasteiger partial charge is 0.326 e. The number of hydrogen-bond donors (Lipinski definition) is 1. The molecule has 118 valence electrons. The normalized spacial score (nSPS) is 23.7. The van der Waals surface area contributed by atoms with E-state index in [1.165, 1.54) is 6.07 Å². The predicted octanol–water partition coefficient (Wildman–Crippen LogP) is 3.40. The molecule has 0 amide bonds. The van der Waals surface area contributed by atoms with Crippen LogP contribution in [0.3, 0.4) is 0 Å². The molecule has 0 bridgehead atoms. The molecule has 0 radical (unpaired) electrons.